The number of hydrogen-bond donors (Lipinski definition) is 0. The van der Waals surface area contributed by atoms with Gasteiger partial charge in [-0.15, -0.1) is 0 Å². The molecule has 1 aliphatic heterocycles. The van der Waals surface area contributed by atoms with Gasteiger partial charge in [0.1, 0.15) is 18.1 Å². The number of halogens is 1. The highest BCUT2D eigenvalue weighted by Crippen LogP contribution is 2.35. The van der Waals surface area contributed by atoms with Crippen molar-refractivity contribution < 1.29 is 14.3 Å². The summed E-state index contributed by atoms with van der Waals surface area (Å²) < 4.78 is 12.6. The molecule has 128 valence electrons. The predicted molar refractivity (Wildman–Crippen MR) is 104 cm³/mol. The largest absolute Gasteiger partial charge is 0.489 e. The number of ketones is 1. The number of carbonyl (C=O) groups is 1. The Labute approximate surface area is 160 Å². The van der Waals surface area contributed by atoms with Crippen LogP contribution in [0.5, 0.6) is 11.5 Å². The van der Waals surface area contributed by atoms with Crippen LogP contribution in [0.3, 0.4) is 0 Å². The SMILES string of the molecule is O=C1/C(=C/c2ccc(Br)cc2)Oc2cc(OCc3ccccc3)ccc21. The van der Waals surface area contributed by atoms with Crippen molar-refractivity contribution in [2.24, 2.45) is 0 Å². The van der Waals surface area contributed by atoms with Crippen molar-refractivity contribution in [3.63, 3.8) is 0 Å². The summed E-state index contributed by atoms with van der Waals surface area (Å²) in [6, 6.07) is 22.9. The smallest absolute Gasteiger partial charge is 0.231 e. The van der Waals surface area contributed by atoms with Gasteiger partial charge in [-0.1, -0.05) is 58.4 Å². The van der Waals surface area contributed by atoms with Crippen molar-refractivity contribution in [2.75, 3.05) is 0 Å². The lowest BCUT2D eigenvalue weighted by molar-refractivity contribution is 0.101. The van der Waals surface area contributed by atoms with Gasteiger partial charge in [0.15, 0.2) is 5.76 Å². The molecule has 0 N–H and O–H groups in total. The highest BCUT2D eigenvalue weighted by atomic mass is 79.9. The van der Waals surface area contributed by atoms with Gasteiger partial charge < -0.3 is 9.47 Å². The van der Waals surface area contributed by atoms with E-state index in [1.54, 1.807) is 24.3 Å². The monoisotopic (exact) mass is 406 g/mol. The lowest BCUT2D eigenvalue weighted by atomic mass is 10.1. The van der Waals surface area contributed by atoms with Crippen LogP contribution in [0.2, 0.25) is 0 Å². The van der Waals surface area contributed by atoms with Crippen LogP contribution in [0.4, 0.5) is 0 Å². The molecule has 4 rings (SSSR count). The first-order valence-corrected chi connectivity index (χ1v) is 8.99. The van der Waals surface area contributed by atoms with Gasteiger partial charge in [0.05, 0.1) is 5.56 Å². The number of ether oxygens (including phenoxy) is 2. The highest BCUT2D eigenvalue weighted by Gasteiger charge is 2.27. The molecule has 4 heteroatoms. The van der Waals surface area contributed by atoms with Crippen LogP contribution in [-0.4, -0.2) is 5.78 Å². The maximum atomic E-state index is 12.5. The number of hydrogen-bond acceptors (Lipinski definition) is 3. The number of benzene rings is 3. The molecule has 0 fully saturated rings. The van der Waals surface area contributed by atoms with Crippen LogP contribution in [0.1, 0.15) is 21.5 Å². The van der Waals surface area contributed by atoms with Crippen molar-refractivity contribution in [3.05, 3.63) is 99.7 Å². The van der Waals surface area contributed by atoms with Crippen molar-refractivity contribution in [2.45, 2.75) is 6.61 Å². The zero-order valence-corrected chi connectivity index (χ0v) is 15.4. The van der Waals surface area contributed by atoms with Crippen molar-refractivity contribution >= 4 is 27.8 Å². The minimum atomic E-state index is -0.113. The van der Waals surface area contributed by atoms with Gasteiger partial charge >= 0.3 is 0 Å². The Balaban J connectivity index is 1.52. The minimum absolute atomic E-state index is 0.113. The molecule has 0 bridgehead atoms. The minimum Gasteiger partial charge on any atom is -0.489 e. The van der Waals surface area contributed by atoms with Gasteiger partial charge in [0.2, 0.25) is 5.78 Å². The van der Waals surface area contributed by atoms with Crippen LogP contribution in [0.25, 0.3) is 6.08 Å². The van der Waals surface area contributed by atoms with Gasteiger partial charge in [-0.3, -0.25) is 4.79 Å². The number of Topliss-reactive ketones (excluding diaryl/α,β-unsaturated/α-hetero) is 1. The first-order valence-electron chi connectivity index (χ1n) is 8.20. The molecular formula is C22H15BrO3. The maximum Gasteiger partial charge on any atom is 0.231 e. The summed E-state index contributed by atoms with van der Waals surface area (Å²) in [5.74, 6) is 1.41. The fraction of sp³-hybridized carbons (Fsp3) is 0.0455. The van der Waals surface area contributed by atoms with Gasteiger partial charge in [-0.25, -0.2) is 0 Å². The van der Waals surface area contributed by atoms with Crippen molar-refractivity contribution in [3.8, 4) is 11.5 Å². The zero-order valence-electron chi connectivity index (χ0n) is 13.8. The zero-order chi connectivity index (χ0) is 17.9. The molecule has 0 spiro atoms. The second-order valence-electron chi connectivity index (χ2n) is 5.92. The van der Waals surface area contributed by atoms with Crippen LogP contribution in [0, 0.1) is 0 Å². The molecule has 3 aromatic carbocycles. The van der Waals surface area contributed by atoms with E-state index in [9.17, 15) is 4.79 Å². The van der Waals surface area contributed by atoms with E-state index in [1.165, 1.54) is 0 Å². The second-order valence-corrected chi connectivity index (χ2v) is 6.84. The first kappa shape index (κ1) is 16.6. The molecule has 3 aromatic rings. The van der Waals surface area contributed by atoms with Crippen LogP contribution >= 0.6 is 15.9 Å². The normalized spacial score (nSPS) is 14.2. The van der Waals surface area contributed by atoms with Crippen LogP contribution < -0.4 is 9.47 Å². The molecule has 0 saturated heterocycles. The maximum absolute atomic E-state index is 12.5. The number of fused-ring (bicyclic) bond motifs is 1. The van der Waals surface area contributed by atoms with E-state index in [2.05, 4.69) is 15.9 Å². The van der Waals surface area contributed by atoms with Gasteiger partial charge in [-0.2, -0.15) is 0 Å². The third-order valence-electron chi connectivity index (χ3n) is 4.06. The van der Waals surface area contributed by atoms with E-state index in [0.29, 0.717) is 29.4 Å². The molecule has 0 aliphatic carbocycles. The summed E-state index contributed by atoms with van der Waals surface area (Å²) in [7, 11) is 0. The highest BCUT2D eigenvalue weighted by molar-refractivity contribution is 9.10. The molecular weight excluding hydrogens is 392 g/mol. The molecule has 0 aromatic heterocycles. The molecule has 3 nitrogen and oxygen atoms in total. The summed E-state index contributed by atoms with van der Waals surface area (Å²) in [6.07, 6.45) is 1.75. The Kier molecular flexibility index (Phi) is 4.59. The standard InChI is InChI=1S/C22H15BrO3/c23-17-8-6-15(7-9-17)12-21-22(24)19-11-10-18(13-20(19)26-21)25-14-16-4-2-1-3-5-16/h1-13H,14H2/b21-12-. The summed E-state index contributed by atoms with van der Waals surface area (Å²) in [6.45, 7) is 0.467. The van der Waals surface area contributed by atoms with Crippen molar-refractivity contribution in [1.29, 1.82) is 0 Å². The topological polar surface area (TPSA) is 35.5 Å². The Morgan fingerprint density at radius 1 is 0.962 bits per heavy atom. The first-order chi connectivity index (χ1) is 12.7. The number of rotatable bonds is 4. The fourth-order valence-corrected chi connectivity index (χ4v) is 2.97. The van der Waals surface area contributed by atoms with Gasteiger partial charge in [-0.05, 0) is 41.5 Å². The number of carbonyl (C=O) groups excluding carboxylic acids is 1. The fourth-order valence-electron chi connectivity index (χ4n) is 2.71. The van der Waals surface area contributed by atoms with E-state index in [-0.39, 0.29) is 5.78 Å². The summed E-state index contributed by atoms with van der Waals surface area (Å²) >= 11 is 3.40. The Hall–Kier alpha value is -2.85. The summed E-state index contributed by atoms with van der Waals surface area (Å²) in [4.78, 5) is 12.5. The summed E-state index contributed by atoms with van der Waals surface area (Å²) in [5, 5.41) is 0. The summed E-state index contributed by atoms with van der Waals surface area (Å²) in [5.41, 5.74) is 2.55. The molecule has 1 heterocycles. The molecule has 1 aliphatic rings. The molecule has 0 saturated carbocycles. The molecule has 0 atom stereocenters. The molecule has 0 radical (unpaired) electrons. The van der Waals surface area contributed by atoms with Crippen LogP contribution in [0.15, 0.2) is 83.0 Å². The average Bonchev–Trinajstić information content (AvgIpc) is 2.98. The third kappa shape index (κ3) is 3.55. The lowest BCUT2D eigenvalue weighted by Gasteiger charge is -2.07. The van der Waals surface area contributed by atoms with E-state index in [4.69, 9.17) is 9.47 Å². The van der Waals surface area contributed by atoms with Crippen molar-refractivity contribution in [1.82, 2.24) is 0 Å². The van der Waals surface area contributed by atoms with E-state index in [1.807, 2.05) is 54.6 Å². The number of allylic oxidation sites excluding steroid dienone is 1. The van der Waals surface area contributed by atoms with Gasteiger partial charge in [0.25, 0.3) is 0 Å². The lowest BCUT2D eigenvalue weighted by Crippen LogP contribution is -1.98. The molecule has 0 unspecified atom stereocenters. The quantitative estimate of drug-likeness (QED) is 0.525. The molecule has 26 heavy (non-hydrogen) atoms. The Morgan fingerprint density at radius 2 is 1.73 bits per heavy atom. The van der Waals surface area contributed by atoms with E-state index in [0.717, 1.165) is 15.6 Å². The van der Waals surface area contributed by atoms with E-state index >= 15 is 0 Å². The van der Waals surface area contributed by atoms with E-state index < -0.39 is 0 Å². The second kappa shape index (κ2) is 7.18. The third-order valence-corrected chi connectivity index (χ3v) is 4.59. The van der Waals surface area contributed by atoms with Gasteiger partial charge in [0, 0.05) is 10.5 Å². The Morgan fingerprint density at radius 3 is 2.50 bits per heavy atom. The predicted octanol–water partition coefficient (Wildman–Crippen LogP) is 5.64. The Bertz CT molecular complexity index is 976. The van der Waals surface area contributed by atoms with Crippen LogP contribution in [-0.2, 0) is 6.61 Å². The molecule has 0 amide bonds. The average molecular weight is 407 g/mol.